The fourth-order valence-corrected chi connectivity index (χ4v) is 2.43. The Morgan fingerprint density at radius 2 is 1.63 bits per heavy atom. The minimum atomic E-state index is -0.859. The molecule has 7 heteroatoms. The van der Waals surface area contributed by atoms with E-state index in [0.717, 1.165) is 17.7 Å². The number of nitrogens with one attached hydrogen (secondary N) is 2. The molecule has 138 valence electrons. The first kappa shape index (κ1) is 18.4. The Balaban J connectivity index is 1.56. The molecule has 0 fully saturated rings. The lowest BCUT2D eigenvalue weighted by Crippen LogP contribution is -2.16. The highest BCUT2D eigenvalue weighted by Crippen LogP contribution is 2.19. The summed E-state index contributed by atoms with van der Waals surface area (Å²) in [6.07, 6.45) is 2.15. The van der Waals surface area contributed by atoms with Crippen LogP contribution >= 0.6 is 0 Å². The number of hydrogen-bond acceptors (Lipinski definition) is 3. The Bertz CT molecular complexity index is 908. The van der Waals surface area contributed by atoms with Crippen molar-refractivity contribution in [1.29, 1.82) is 0 Å². The summed E-state index contributed by atoms with van der Waals surface area (Å²) in [7, 11) is 0. The van der Waals surface area contributed by atoms with E-state index >= 15 is 0 Å². The quantitative estimate of drug-likeness (QED) is 0.675. The monoisotopic (exact) mass is 371 g/mol. The fourth-order valence-electron chi connectivity index (χ4n) is 2.43. The molecule has 2 aromatic carbocycles. The van der Waals surface area contributed by atoms with Gasteiger partial charge in [0.25, 0.3) is 5.91 Å². The minimum absolute atomic E-state index is 0.0294. The molecule has 2 N–H and O–H groups in total. The number of carbonyl (C=O) groups is 1. The van der Waals surface area contributed by atoms with Gasteiger partial charge in [-0.2, -0.15) is 0 Å². The molecule has 0 atom stereocenters. The Labute approximate surface area is 154 Å². The van der Waals surface area contributed by atoms with E-state index < -0.39 is 23.2 Å². The third-order valence-electron chi connectivity index (χ3n) is 3.85. The molecule has 27 heavy (non-hydrogen) atoms. The molecular weight excluding hydrogens is 355 g/mol. The first-order chi connectivity index (χ1) is 13.0. The van der Waals surface area contributed by atoms with E-state index in [9.17, 15) is 18.0 Å². The lowest BCUT2D eigenvalue weighted by Gasteiger charge is -2.09. The van der Waals surface area contributed by atoms with Gasteiger partial charge >= 0.3 is 0 Å². The van der Waals surface area contributed by atoms with E-state index in [0.29, 0.717) is 18.7 Å². The van der Waals surface area contributed by atoms with Gasteiger partial charge < -0.3 is 10.6 Å². The number of anilines is 2. The Morgan fingerprint density at radius 3 is 2.26 bits per heavy atom. The smallest absolute Gasteiger partial charge is 0.274 e. The summed E-state index contributed by atoms with van der Waals surface area (Å²) in [5, 5.41) is 5.31. The molecule has 0 unspecified atom stereocenters. The van der Waals surface area contributed by atoms with Gasteiger partial charge in [0.2, 0.25) is 0 Å². The Morgan fingerprint density at radius 1 is 0.926 bits per heavy atom. The van der Waals surface area contributed by atoms with Crippen LogP contribution in [0.2, 0.25) is 0 Å². The van der Waals surface area contributed by atoms with Crippen LogP contribution in [0, 0.1) is 17.5 Å². The number of halogens is 3. The van der Waals surface area contributed by atoms with Gasteiger partial charge in [-0.15, -0.1) is 0 Å². The van der Waals surface area contributed by atoms with Crippen molar-refractivity contribution in [3.63, 3.8) is 0 Å². The largest absolute Gasteiger partial charge is 0.383 e. The van der Waals surface area contributed by atoms with E-state index in [1.54, 1.807) is 18.2 Å². The lowest BCUT2D eigenvalue weighted by molar-refractivity contribution is 0.102. The first-order valence-corrected chi connectivity index (χ1v) is 8.22. The van der Waals surface area contributed by atoms with E-state index in [-0.39, 0.29) is 11.5 Å². The van der Waals surface area contributed by atoms with Gasteiger partial charge in [0.05, 0.1) is 11.9 Å². The van der Waals surface area contributed by atoms with Crippen LogP contribution < -0.4 is 10.6 Å². The molecule has 3 aromatic rings. The highest BCUT2D eigenvalue weighted by molar-refractivity contribution is 6.03. The number of benzene rings is 2. The van der Waals surface area contributed by atoms with Gasteiger partial charge in [0.15, 0.2) is 0 Å². The average Bonchev–Trinajstić information content (AvgIpc) is 2.67. The molecule has 0 saturated heterocycles. The van der Waals surface area contributed by atoms with E-state index in [1.165, 1.54) is 30.5 Å². The van der Waals surface area contributed by atoms with Crippen molar-refractivity contribution in [2.24, 2.45) is 0 Å². The maximum atomic E-state index is 13.6. The van der Waals surface area contributed by atoms with Crippen molar-refractivity contribution in [2.45, 2.75) is 6.42 Å². The van der Waals surface area contributed by atoms with Crippen LogP contribution in [-0.4, -0.2) is 17.4 Å². The van der Waals surface area contributed by atoms with Gasteiger partial charge in [-0.05, 0) is 48.4 Å². The second-order valence-electron chi connectivity index (χ2n) is 5.79. The fraction of sp³-hybridized carbons (Fsp3) is 0.100. The molecule has 0 spiro atoms. The topological polar surface area (TPSA) is 54.0 Å². The van der Waals surface area contributed by atoms with Crippen molar-refractivity contribution in [3.8, 4) is 0 Å². The van der Waals surface area contributed by atoms with Crippen LogP contribution in [-0.2, 0) is 6.42 Å². The third-order valence-corrected chi connectivity index (χ3v) is 3.85. The molecule has 0 bridgehead atoms. The normalized spacial score (nSPS) is 10.5. The summed E-state index contributed by atoms with van der Waals surface area (Å²) in [4.78, 5) is 16.1. The minimum Gasteiger partial charge on any atom is -0.383 e. The SMILES string of the molecule is O=C(Nc1c(F)cccc1F)c1ccc(NCCc2ccc(F)cc2)cn1. The number of carbonyl (C=O) groups excluding carboxylic acids is 1. The van der Waals surface area contributed by atoms with Crippen LogP contribution in [0.25, 0.3) is 0 Å². The summed E-state index contributed by atoms with van der Waals surface area (Å²) in [5.74, 6) is -2.71. The summed E-state index contributed by atoms with van der Waals surface area (Å²) < 4.78 is 40.0. The van der Waals surface area contributed by atoms with Gasteiger partial charge in [-0.3, -0.25) is 4.79 Å². The molecule has 1 aromatic heterocycles. The average molecular weight is 371 g/mol. The summed E-state index contributed by atoms with van der Waals surface area (Å²) in [5.41, 5.74) is 1.19. The van der Waals surface area contributed by atoms with Gasteiger partial charge in [-0.1, -0.05) is 18.2 Å². The van der Waals surface area contributed by atoms with Gasteiger partial charge in [-0.25, -0.2) is 18.2 Å². The number of amides is 1. The predicted octanol–water partition coefficient (Wildman–Crippen LogP) is 4.41. The van der Waals surface area contributed by atoms with Crippen LogP contribution in [0.1, 0.15) is 16.1 Å². The number of rotatable bonds is 6. The molecule has 1 amide bonds. The van der Waals surface area contributed by atoms with Crippen LogP contribution in [0.5, 0.6) is 0 Å². The standard InChI is InChI=1S/C20H16F3N3O/c21-14-6-4-13(5-7-14)10-11-24-15-8-9-18(25-12-15)20(27)26-19-16(22)2-1-3-17(19)23/h1-9,12,24H,10-11H2,(H,26,27). The highest BCUT2D eigenvalue weighted by atomic mass is 19.1. The number of pyridine rings is 1. The zero-order chi connectivity index (χ0) is 19.2. The molecule has 0 aliphatic carbocycles. The van der Waals surface area contributed by atoms with Crippen LogP contribution in [0.3, 0.4) is 0 Å². The maximum absolute atomic E-state index is 13.6. The molecule has 0 aliphatic rings. The Hall–Kier alpha value is -3.35. The lowest BCUT2D eigenvalue weighted by atomic mass is 10.1. The number of hydrogen-bond donors (Lipinski definition) is 2. The van der Waals surface area contributed by atoms with Crippen molar-refractivity contribution < 1.29 is 18.0 Å². The molecule has 0 aliphatic heterocycles. The molecule has 3 rings (SSSR count). The van der Waals surface area contributed by atoms with Crippen LogP contribution in [0.15, 0.2) is 60.8 Å². The van der Waals surface area contributed by atoms with Crippen LogP contribution in [0.4, 0.5) is 24.5 Å². The number of nitrogens with zero attached hydrogens (tertiary/aromatic N) is 1. The third kappa shape index (κ3) is 4.84. The van der Waals surface area contributed by atoms with E-state index in [4.69, 9.17) is 0 Å². The van der Waals surface area contributed by atoms with E-state index in [2.05, 4.69) is 15.6 Å². The first-order valence-electron chi connectivity index (χ1n) is 8.22. The summed E-state index contributed by atoms with van der Waals surface area (Å²) >= 11 is 0. The van der Waals surface area contributed by atoms with E-state index in [1.807, 2.05) is 0 Å². The Kier molecular flexibility index (Phi) is 5.71. The van der Waals surface area contributed by atoms with Crippen molar-refractivity contribution in [3.05, 3.63) is 89.5 Å². The maximum Gasteiger partial charge on any atom is 0.274 e. The zero-order valence-corrected chi connectivity index (χ0v) is 14.2. The molecule has 0 radical (unpaired) electrons. The van der Waals surface area contributed by atoms with Crippen molar-refractivity contribution >= 4 is 17.3 Å². The van der Waals surface area contributed by atoms with Gasteiger partial charge in [0.1, 0.15) is 28.8 Å². The second kappa shape index (κ2) is 8.35. The summed E-state index contributed by atoms with van der Waals surface area (Å²) in [6, 6.07) is 12.7. The summed E-state index contributed by atoms with van der Waals surface area (Å²) in [6.45, 7) is 0.597. The van der Waals surface area contributed by atoms with Crippen molar-refractivity contribution in [2.75, 3.05) is 17.2 Å². The molecule has 1 heterocycles. The van der Waals surface area contributed by atoms with Gasteiger partial charge in [0, 0.05) is 6.54 Å². The molecule has 4 nitrogen and oxygen atoms in total. The van der Waals surface area contributed by atoms with Crippen molar-refractivity contribution in [1.82, 2.24) is 4.98 Å². The number of para-hydroxylation sites is 1. The zero-order valence-electron chi connectivity index (χ0n) is 14.2. The predicted molar refractivity (Wildman–Crippen MR) is 97.1 cm³/mol. The molecule has 0 saturated carbocycles. The number of aromatic nitrogens is 1. The second-order valence-corrected chi connectivity index (χ2v) is 5.79. The highest BCUT2D eigenvalue weighted by Gasteiger charge is 2.14. The molecular formula is C20H16F3N3O.